The topological polar surface area (TPSA) is 178 Å². The van der Waals surface area contributed by atoms with Gasteiger partial charge in [-0.1, -0.05) is 78.3 Å². The molecule has 0 aromatic heterocycles. The van der Waals surface area contributed by atoms with Crippen molar-refractivity contribution < 1.29 is 38.6 Å². The molecule has 1 saturated heterocycles. The van der Waals surface area contributed by atoms with Gasteiger partial charge in [0.15, 0.2) is 0 Å². The molecule has 0 aliphatic carbocycles. The lowest BCUT2D eigenvalue weighted by atomic mass is 9.85. The molecule has 4 N–H and O–H groups in total. The molecular weight excluding hydrogens is 704 g/mol. The number of hydrogen-bond donors (Lipinski definition) is 4. The standard InChI is InChI=1S/C41H68N6O8/c1-13-25(4)35(46(11)40(52)29(8)43-38(50)34(24(2)3)45(10)39(51)28(7)42-9)26(5)22-33(48)47-21-17-20-32(47)36(55-12)27(6)37(49)44-31(41(53)54)23-30-18-15-14-16-19-30/h14-16,18-19,24-29,31-32,34-36,42H,13,17,20-23H2,1-12H3,(H,43,50)(H,44,49)(H,53,54)/t25-,26+,27+,28-,29-,31-,32-,34-,35-,36+/m0/s1. The molecule has 1 aliphatic rings. The third-order valence-electron chi connectivity index (χ3n) is 11.4. The van der Waals surface area contributed by atoms with Crippen LogP contribution in [-0.4, -0.2) is 132 Å². The lowest BCUT2D eigenvalue weighted by Gasteiger charge is -2.40. The second kappa shape index (κ2) is 21.9. The van der Waals surface area contributed by atoms with Crippen LogP contribution in [0, 0.1) is 23.7 Å². The molecule has 1 aliphatic heterocycles. The maximum absolute atomic E-state index is 14.1. The first-order valence-corrected chi connectivity index (χ1v) is 19.7. The van der Waals surface area contributed by atoms with E-state index in [2.05, 4.69) is 16.0 Å². The number of nitrogens with zero attached hydrogens (tertiary/aromatic N) is 3. The van der Waals surface area contributed by atoms with Crippen molar-refractivity contribution in [3.8, 4) is 0 Å². The highest BCUT2D eigenvalue weighted by Gasteiger charge is 2.42. The normalized spacial score (nSPS) is 19.2. The van der Waals surface area contributed by atoms with Crippen molar-refractivity contribution in [3.63, 3.8) is 0 Å². The van der Waals surface area contributed by atoms with E-state index in [0.717, 1.165) is 18.4 Å². The van der Waals surface area contributed by atoms with Crippen LogP contribution in [0.15, 0.2) is 30.3 Å². The Hall–Kier alpha value is -4.04. The Kier molecular flexibility index (Phi) is 18.8. The number of likely N-dealkylation sites (N-methyl/N-ethyl adjacent to an activating group) is 3. The van der Waals surface area contributed by atoms with E-state index in [1.807, 2.05) is 65.0 Å². The third kappa shape index (κ3) is 12.5. The number of carboxylic acid groups (broad SMARTS) is 1. The first kappa shape index (κ1) is 47.1. The number of carboxylic acids is 1. The molecule has 2 rings (SSSR count). The van der Waals surface area contributed by atoms with Crippen LogP contribution in [0.4, 0.5) is 0 Å². The summed E-state index contributed by atoms with van der Waals surface area (Å²) in [5, 5.41) is 18.3. The molecule has 1 fully saturated rings. The zero-order chi connectivity index (χ0) is 41.7. The van der Waals surface area contributed by atoms with Gasteiger partial charge in [-0.3, -0.25) is 24.0 Å². The van der Waals surface area contributed by atoms with Gasteiger partial charge in [-0.25, -0.2) is 4.79 Å². The summed E-state index contributed by atoms with van der Waals surface area (Å²) in [6, 6.07) is 5.09. The molecule has 14 nitrogen and oxygen atoms in total. The second-order valence-corrected chi connectivity index (χ2v) is 15.8. The highest BCUT2D eigenvalue weighted by Crippen LogP contribution is 2.30. The first-order valence-electron chi connectivity index (χ1n) is 19.7. The minimum absolute atomic E-state index is 0.0257. The summed E-state index contributed by atoms with van der Waals surface area (Å²) in [5.41, 5.74) is 0.783. The maximum atomic E-state index is 14.1. The third-order valence-corrected chi connectivity index (χ3v) is 11.4. The molecule has 0 saturated carbocycles. The maximum Gasteiger partial charge on any atom is 0.326 e. The molecule has 5 amide bonds. The Morgan fingerprint density at radius 3 is 2.00 bits per heavy atom. The van der Waals surface area contributed by atoms with Crippen molar-refractivity contribution in [1.29, 1.82) is 0 Å². The van der Waals surface area contributed by atoms with E-state index in [9.17, 15) is 33.9 Å². The number of methoxy groups -OCH3 is 1. The fourth-order valence-corrected chi connectivity index (χ4v) is 8.02. The van der Waals surface area contributed by atoms with E-state index in [0.29, 0.717) is 13.0 Å². The molecule has 0 bridgehead atoms. The van der Waals surface area contributed by atoms with Gasteiger partial charge in [-0.2, -0.15) is 0 Å². The summed E-state index contributed by atoms with van der Waals surface area (Å²) in [7, 11) is 6.47. The van der Waals surface area contributed by atoms with E-state index in [-0.39, 0.29) is 54.4 Å². The van der Waals surface area contributed by atoms with Gasteiger partial charge in [0.25, 0.3) is 0 Å². The first-order chi connectivity index (χ1) is 25.8. The van der Waals surface area contributed by atoms with Gasteiger partial charge in [-0.05, 0) is 57.1 Å². The number of amides is 5. The summed E-state index contributed by atoms with van der Waals surface area (Å²) in [4.78, 5) is 84.7. The van der Waals surface area contributed by atoms with Gasteiger partial charge in [-0.15, -0.1) is 0 Å². The monoisotopic (exact) mass is 773 g/mol. The van der Waals surface area contributed by atoms with Gasteiger partial charge < -0.3 is 40.5 Å². The van der Waals surface area contributed by atoms with Crippen LogP contribution in [0.3, 0.4) is 0 Å². The molecule has 1 heterocycles. The Morgan fingerprint density at radius 1 is 0.873 bits per heavy atom. The number of likely N-dealkylation sites (tertiary alicyclic amines) is 1. The molecule has 0 radical (unpaired) electrons. The number of aliphatic carboxylic acids is 1. The van der Waals surface area contributed by atoms with Crippen LogP contribution in [0.1, 0.15) is 86.6 Å². The zero-order valence-electron chi connectivity index (χ0n) is 35.1. The van der Waals surface area contributed by atoms with Crippen molar-refractivity contribution >= 4 is 35.5 Å². The largest absolute Gasteiger partial charge is 0.480 e. The van der Waals surface area contributed by atoms with E-state index in [4.69, 9.17) is 4.74 Å². The van der Waals surface area contributed by atoms with Crippen LogP contribution in [0.25, 0.3) is 0 Å². The minimum Gasteiger partial charge on any atom is -0.480 e. The molecule has 0 spiro atoms. The average molecular weight is 773 g/mol. The number of nitrogens with one attached hydrogen (secondary N) is 3. The molecule has 10 atom stereocenters. The number of rotatable bonds is 21. The van der Waals surface area contributed by atoms with Crippen LogP contribution in [0.2, 0.25) is 0 Å². The van der Waals surface area contributed by atoms with E-state index >= 15 is 0 Å². The minimum atomic E-state index is -1.14. The molecular formula is C41H68N6O8. The SMILES string of the molecule is CC[C@H](C)[C@@H]([C@H](C)CC(=O)N1CCC[C@H]1[C@H](OC)[C@@H](C)C(=O)N[C@@H](Cc1ccccc1)C(=O)O)N(C)C(=O)[C@H](C)NC(=O)[C@H](C(C)C)N(C)C(=O)[C@H](C)NC. The Bertz CT molecular complexity index is 1440. The predicted molar refractivity (Wildman–Crippen MR) is 212 cm³/mol. The van der Waals surface area contributed by atoms with E-state index in [1.54, 1.807) is 51.7 Å². The summed E-state index contributed by atoms with van der Waals surface area (Å²) in [6.07, 6.45) is 1.70. The fourth-order valence-electron chi connectivity index (χ4n) is 8.02. The number of benzene rings is 1. The Balaban J connectivity index is 2.18. The van der Waals surface area contributed by atoms with Gasteiger partial charge in [0.2, 0.25) is 29.5 Å². The summed E-state index contributed by atoms with van der Waals surface area (Å²) >= 11 is 0. The average Bonchev–Trinajstić information content (AvgIpc) is 3.63. The van der Waals surface area contributed by atoms with Crippen LogP contribution in [0.5, 0.6) is 0 Å². The Morgan fingerprint density at radius 2 is 1.47 bits per heavy atom. The molecule has 55 heavy (non-hydrogen) atoms. The second-order valence-electron chi connectivity index (χ2n) is 15.8. The van der Waals surface area contributed by atoms with Gasteiger partial charge in [0, 0.05) is 46.6 Å². The Labute approximate surface area is 328 Å². The summed E-state index contributed by atoms with van der Waals surface area (Å²) < 4.78 is 5.86. The van der Waals surface area contributed by atoms with E-state index in [1.165, 1.54) is 12.0 Å². The fraction of sp³-hybridized carbons (Fsp3) is 0.707. The van der Waals surface area contributed by atoms with Crippen molar-refractivity contribution in [2.24, 2.45) is 23.7 Å². The number of carbonyl (C=O) groups excluding carboxylic acids is 5. The molecule has 1 aromatic carbocycles. The predicted octanol–water partition coefficient (Wildman–Crippen LogP) is 2.94. The van der Waals surface area contributed by atoms with Crippen molar-refractivity contribution in [3.05, 3.63) is 35.9 Å². The molecule has 310 valence electrons. The van der Waals surface area contributed by atoms with Crippen LogP contribution < -0.4 is 16.0 Å². The lowest BCUT2D eigenvalue weighted by molar-refractivity contribution is -0.146. The van der Waals surface area contributed by atoms with Crippen molar-refractivity contribution in [2.45, 2.75) is 130 Å². The van der Waals surface area contributed by atoms with Crippen molar-refractivity contribution in [1.82, 2.24) is 30.7 Å². The molecule has 14 heteroatoms. The highest BCUT2D eigenvalue weighted by atomic mass is 16.5. The lowest BCUT2D eigenvalue weighted by Crippen LogP contribution is -2.58. The van der Waals surface area contributed by atoms with Crippen LogP contribution in [-0.2, 0) is 39.9 Å². The number of hydrogen-bond acceptors (Lipinski definition) is 8. The van der Waals surface area contributed by atoms with Crippen molar-refractivity contribution in [2.75, 3.05) is 34.8 Å². The summed E-state index contributed by atoms with van der Waals surface area (Å²) in [6.45, 7) is 15.3. The zero-order valence-corrected chi connectivity index (χ0v) is 35.1. The molecule has 0 unspecified atom stereocenters. The van der Waals surface area contributed by atoms with Gasteiger partial charge in [0.05, 0.1) is 24.1 Å². The number of carbonyl (C=O) groups is 6. The van der Waals surface area contributed by atoms with Crippen LogP contribution >= 0.6 is 0 Å². The van der Waals surface area contributed by atoms with E-state index < -0.39 is 60.0 Å². The van der Waals surface area contributed by atoms with Gasteiger partial charge in [0.1, 0.15) is 18.1 Å². The number of ether oxygens (including phenoxy) is 1. The summed E-state index contributed by atoms with van der Waals surface area (Å²) in [5.74, 6) is -3.86. The quantitative estimate of drug-likeness (QED) is 0.146. The van der Waals surface area contributed by atoms with Gasteiger partial charge >= 0.3 is 5.97 Å². The highest BCUT2D eigenvalue weighted by molar-refractivity contribution is 5.93. The smallest absolute Gasteiger partial charge is 0.326 e. The molecule has 1 aromatic rings.